The number of ether oxygens (including phenoxy) is 1. The molecule has 1 fully saturated rings. The lowest BCUT2D eigenvalue weighted by atomic mass is 10.1. The molecule has 0 spiro atoms. The first-order chi connectivity index (χ1) is 8.29. The molecule has 0 amide bonds. The molecule has 4 heteroatoms. The van der Waals surface area contributed by atoms with Gasteiger partial charge in [0.25, 0.3) is 0 Å². The van der Waals surface area contributed by atoms with Crippen LogP contribution in [-0.2, 0) is 4.79 Å². The van der Waals surface area contributed by atoms with Gasteiger partial charge in [-0.25, -0.2) is 0 Å². The zero-order valence-corrected chi connectivity index (χ0v) is 10.4. The second-order valence-electron chi connectivity index (χ2n) is 4.15. The van der Waals surface area contributed by atoms with Crippen LogP contribution in [0, 0.1) is 0 Å². The predicted molar refractivity (Wildman–Crippen MR) is 68.9 cm³/mol. The van der Waals surface area contributed by atoms with Crippen molar-refractivity contribution < 1.29 is 9.53 Å². The number of hydrogen-bond acceptors (Lipinski definition) is 3. The molecule has 0 unspecified atom stereocenters. The van der Waals surface area contributed by atoms with E-state index in [9.17, 15) is 4.79 Å². The third-order valence-corrected chi connectivity index (χ3v) is 3.12. The molecule has 17 heavy (non-hydrogen) atoms. The Balaban J connectivity index is 1.99. The summed E-state index contributed by atoms with van der Waals surface area (Å²) in [4.78, 5) is 13.4. The van der Waals surface area contributed by atoms with Crippen LogP contribution in [0.15, 0.2) is 24.3 Å². The molecule has 1 aromatic carbocycles. The van der Waals surface area contributed by atoms with Crippen molar-refractivity contribution in [2.45, 2.75) is 19.3 Å². The second kappa shape index (κ2) is 5.92. The van der Waals surface area contributed by atoms with Crippen LogP contribution in [0.2, 0.25) is 0 Å². The maximum atomic E-state index is 11.0. The van der Waals surface area contributed by atoms with Gasteiger partial charge in [0.1, 0.15) is 11.6 Å². The molecule has 2 rings (SSSR count). The Morgan fingerprint density at radius 2 is 1.82 bits per heavy atom. The van der Waals surface area contributed by atoms with Crippen LogP contribution in [0.25, 0.3) is 0 Å². The van der Waals surface area contributed by atoms with Gasteiger partial charge in [-0.3, -0.25) is 4.79 Å². The SMILES string of the molecule is O=C(CCl)Oc1ccc(N2CCCCC2)cc1. The zero-order chi connectivity index (χ0) is 12.1. The van der Waals surface area contributed by atoms with Crippen LogP contribution in [0.1, 0.15) is 19.3 Å². The van der Waals surface area contributed by atoms with Gasteiger partial charge in [-0.05, 0) is 43.5 Å². The van der Waals surface area contributed by atoms with Crippen molar-refractivity contribution in [1.29, 1.82) is 0 Å². The molecule has 92 valence electrons. The quantitative estimate of drug-likeness (QED) is 0.471. The molecule has 0 aromatic heterocycles. The molecule has 1 saturated heterocycles. The lowest BCUT2D eigenvalue weighted by molar-refractivity contribution is -0.131. The lowest BCUT2D eigenvalue weighted by Gasteiger charge is -2.28. The topological polar surface area (TPSA) is 29.5 Å². The second-order valence-corrected chi connectivity index (χ2v) is 4.42. The third-order valence-electron chi connectivity index (χ3n) is 2.90. The zero-order valence-electron chi connectivity index (χ0n) is 9.69. The van der Waals surface area contributed by atoms with Gasteiger partial charge < -0.3 is 9.64 Å². The fraction of sp³-hybridized carbons (Fsp3) is 0.462. The first kappa shape index (κ1) is 12.2. The number of anilines is 1. The van der Waals surface area contributed by atoms with Crippen LogP contribution < -0.4 is 9.64 Å². The van der Waals surface area contributed by atoms with Crippen molar-refractivity contribution in [3.05, 3.63) is 24.3 Å². The Morgan fingerprint density at radius 3 is 2.41 bits per heavy atom. The van der Waals surface area contributed by atoms with E-state index in [0.29, 0.717) is 5.75 Å². The summed E-state index contributed by atoms with van der Waals surface area (Å²) < 4.78 is 5.02. The summed E-state index contributed by atoms with van der Waals surface area (Å²) in [5.74, 6) is 0.0160. The van der Waals surface area contributed by atoms with Crippen molar-refractivity contribution in [1.82, 2.24) is 0 Å². The molecule has 1 aromatic rings. The molecule has 1 heterocycles. The maximum absolute atomic E-state index is 11.0. The van der Waals surface area contributed by atoms with Gasteiger partial charge in [0, 0.05) is 18.8 Å². The van der Waals surface area contributed by atoms with E-state index >= 15 is 0 Å². The monoisotopic (exact) mass is 253 g/mol. The Bertz CT molecular complexity index is 372. The number of benzene rings is 1. The van der Waals surface area contributed by atoms with Gasteiger partial charge in [-0.1, -0.05) is 0 Å². The minimum Gasteiger partial charge on any atom is -0.426 e. The Kier molecular flexibility index (Phi) is 4.26. The Labute approximate surface area is 106 Å². The van der Waals surface area contributed by atoms with Gasteiger partial charge in [-0.15, -0.1) is 11.6 Å². The Morgan fingerprint density at radius 1 is 1.18 bits per heavy atom. The number of nitrogens with zero attached hydrogens (tertiary/aromatic N) is 1. The minimum atomic E-state index is -0.419. The van der Waals surface area contributed by atoms with Gasteiger partial charge in [0.05, 0.1) is 0 Å². The largest absolute Gasteiger partial charge is 0.426 e. The van der Waals surface area contributed by atoms with Gasteiger partial charge in [0.15, 0.2) is 0 Å². The highest BCUT2D eigenvalue weighted by molar-refractivity contribution is 6.26. The normalized spacial score (nSPS) is 15.7. The van der Waals surface area contributed by atoms with Crippen LogP contribution in [0.5, 0.6) is 5.75 Å². The summed E-state index contributed by atoms with van der Waals surface area (Å²) in [5.41, 5.74) is 1.19. The van der Waals surface area contributed by atoms with Gasteiger partial charge >= 0.3 is 5.97 Å². The molecule has 1 aliphatic heterocycles. The first-order valence-electron chi connectivity index (χ1n) is 5.91. The highest BCUT2D eigenvalue weighted by Gasteiger charge is 2.11. The highest BCUT2D eigenvalue weighted by atomic mass is 35.5. The van der Waals surface area contributed by atoms with E-state index in [0.717, 1.165) is 13.1 Å². The van der Waals surface area contributed by atoms with Crippen molar-refractivity contribution in [3.63, 3.8) is 0 Å². The summed E-state index contributed by atoms with van der Waals surface area (Å²) in [6.07, 6.45) is 3.83. The summed E-state index contributed by atoms with van der Waals surface area (Å²) in [7, 11) is 0. The minimum absolute atomic E-state index is 0.117. The van der Waals surface area contributed by atoms with Crippen LogP contribution in [0.4, 0.5) is 5.69 Å². The van der Waals surface area contributed by atoms with E-state index in [-0.39, 0.29) is 5.88 Å². The van der Waals surface area contributed by atoms with Crippen LogP contribution >= 0.6 is 11.6 Å². The standard InChI is InChI=1S/C13H16ClNO2/c14-10-13(16)17-12-6-4-11(5-7-12)15-8-2-1-3-9-15/h4-7H,1-3,8-10H2. The average Bonchev–Trinajstić information content (AvgIpc) is 2.40. The van der Waals surface area contributed by atoms with Crippen LogP contribution in [0.3, 0.4) is 0 Å². The fourth-order valence-electron chi connectivity index (χ4n) is 2.04. The summed E-state index contributed by atoms with van der Waals surface area (Å²) >= 11 is 5.37. The fourth-order valence-corrected chi connectivity index (χ4v) is 2.09. The number of carbonyl (C=O) groups excluding carboxylic acids is 1. The van der Waals surface area contributed by atoms with E-state index in [1.165, 1.54) is 24.9 Å². The summed E-state index contributed by atoms with van der Waals surface area (Å²) in [5, 5.41) is 0. The van der Waals surface area contributed by atoms with E-state index < -0.39 is 5.97 Å². The van der Waals surface area contributed by atoms with Crippen LogP contribution in [-0.4, -0.2) is 24.9 Å². The van der Waals surface area contributed by atoms with Crippen molar-refractivity contribution in [2.75, 3.05) is 23.9 Å². The molecule has 1 aliphatic rings. The predicted octanol–water partition coefficient (Wildman–Crippen LogP) is 2.82. The highest BCUT2D eigenvalue weighted by Crippen LogP contribution is 2.22. The molecule has 0 radical (unpaired) electrons. The molecule has 0 bridgehead atoms. The van der Waals surface area contributed by atoms with Gasteiger partial charge in [0.2, 0.25) is 0 Å². The van der Waals surface area contributed by atoms with E-state index in [4.69, 9.17) is 16.3 Å². The molecular weight excluding hydrogens is 238 g/mol. The number of piperidine rings is 1. The molecule has 0 N–H and O–H groups in total. The third kappa shape index (κ3) is 3.37. The molecular formula is C13H16ClNO2. The molecule has 0 atom stereocenters. The van der Waals surface area contributed by atoms with E-state index in [1.807, 2.05) is 24.3 Å². The molecule has 0 saturated carbocycles. The molecule has 0 aliphatic carbocycles. The summed E-state index contributed by atoms with van der Waals surface area (Å²) in [6.45, 7) is 2.22. The van der Waals surface area contributed by atoms with Crippen molar-refractivity contribution in [2.24, 2.45) is 0 Å². The average molecular weight is 254 g/mol. The van der Waals surface area contributed by atoms with E-state index in [1.54, 1.807) is 0 Å². The number of esters is 1. The number of halogens is 1. The Hall–Kier alpha value is -1.22. The number of rotatable bonds is 3. The van der Waals surface area contributed by atoms with Gasteiger partial charge in [-0.2, -0.15) is 0 Å². The van der Waals surface area contributed by atoms with Crippen molar-refractivity contribution >= 4 is 23.3 Å². The smallest absolute Gasteiger partial charge is 0.326 e. The first-order valence-corrected chi connectivity index (χ1v) is 6.45. The van der Waals surface area contributed by atoms with Crippen molar-refractivity contribution in [3.8, 4) is 5.75 Å². The molecule has 3 nitrogen and oxygen atoms in total. The number of alkyl halides is 1. The summed E-state index contributed by atoms with van der Waals surface area (Å²) in [6, 6.07) is 7.60. The lowest BCUT2D eigenvalue weighted by Crippen LogP contribution is -2.29. The van der Waals surface area contributed by atoms with E-state index in [2.05, 4.69) is 4.90 Å². The number of carbonyl (C=O) groups is 1. The maximum Gasteiger partial charge on any atom is 0.326 e. The number of hydrogen-bond donors (Lipinski definition) is 0.